The lowest BCUT2D eigenvalue weighted by atomic mass is 10.2. The fourth-order valence-corrected chi connectivity index (χ4v) is 1.96. The molecular weight excluding hydrogens is 210 g/mol. The average Bonchev–Trinajstić information content (AvgIpc) is 2.18. The summed E-state index contributed by atoms with van der Waals surface area (Å²) >= 11 is 6.06. The molecule has 0 radical (unpaired) electrons. The fourth-order valence-electron chi connectivity index (χ4n) is 1.69. The molecule has 0 saturated carbocycles. The third kappa shape index (κ3) is 2.59. The van der Waals surface area contributed by atoms with Crippen LogP contribution in [-0.2, 0) is 6.42 Å². The van der Waals surface area contributed by atoms with Crippen LogP contribution in [0.15, 0.2) is 6.33 Å². The van der Waals surface area contributed by atoms with E-state index in [4.69, 9.17) is 11.6 Å². The minimum Gasteiger partial charge on any atom is -0.354 e. The van der Waals surface area contributed by atoms with Crippen LogP contribution in [0.1, 0.15) is 33.3 Å². The van der Waals surface area contributed by atoms with Gasteiger partial charge in [0, 0.05) is 18.2 Å². The smallest absolute Gasteiger partial charge is 0.137 e. The minimum atomic E-state index is 0.422. The van der Waals surface area contributed by atoms with Gasteiger partial charge in [-0.25, -0.2) is 9.97 Å². The SMILES string of the molecule is CCc1c(Cl)ncnc1N(CC)C(C)C. The van der Waals surface area contributed by atoms with Crippen LogP contribution in [0.4, 0.5) is 5.82 Å². The van der Waals surface area contributed by atoms with E-state index in [1.807, 2.05) is 0 Å². The van der Waals surface area contributed by atoms with Crippen LogP contribution in [0.5, 0.6) is 0 Å². The predicted octanol–water partition coefficient (Wildman–Crippen LogP) is 2.93. The first kappa shape index (κ1) is 12.2. The Kier molecular flexibility index (Phi) is 4.33. The van der Waals surface area contributed by atoms with Crippen molar-refractivity contribution < 1.29 is 0 Å². The van der Waals surface area contributed by atoms with E-state index in [1.165, 1.54) is 6.33 Å². The summed E-state index contributed by atoms with van der Waals surface area (Å²) in [5.74, 6) is 0.968. The first-order valence-electron chi connectivity index (χ1n) is 5.37. The van der Waals surface area contributed by atoms with Crippen molar-refractivity contribution in [3.8, 4) is 0 Å². The number of aromatic nitrogens is 2. The van der Waals surface area contributed by atoms with E-state index in [0.717, 1.165) is 24.3 Å². The largest absolute Gasteiger partial charge is 0.354 e. The van der Waals surface area contributed by atoms with Crippen molar-refractivity contribution in [2.24, 2.45) is 0 Å². The Hall–Kier alpha value is -0.830. The summed E-state index contributed by atoms with van der Waals surface area (Å²) in [5, 5.41) is 0.571. The molecule has 0 N–H and O–H groups in total. The molecule has 1 heterocycles. The van der Waals surface area contributed by atoms with Crippen molar-refractivity contribution in [2.75, 3.05) is 11.4 Å². The zero-order valence-electron chi connectivity index (χ0n) is 9.79. The Labute approximate surface area is 96.5 Å². The van der Waals surface area contributed by atoms with Crippen LogP contribution in [0, 0.1) is 0 Å². The molecule has 1 rings (SSSR count). The number of rotatable bonds is 4. The van der Waals surface area contributed by atoms with Gasteiger partial charge in [0.2, 0.25) is 0 Å². The lowest BCUT2D eigenvalue weighted by Gasteiger charge is -2.28. The molecule has 0 aliphatic rings. The Morgan fingerprint density at radius 3 is 2.47 bits per heavy atom. The van der Waals surface area contributed by atoms with Crippen LogP contribution in [0.3, 0.4) is 0 Å². The molecule has 15 heavy (non-hydrogen) atoms. The zero-order chi connectivity index (χ0) is 11.4. The highest BCUT2D eigenvalue weighted by Crippen LogP contribution is 2.24. The molecule has 0 spiro atoms. The third-order valence-corrected chi connectivity index (χ3v) is 2.79. The second-order valence-electron chi connectivity index (χ2n) is 3.70. The fraction of sp³-hybridized carbons (Fsp3) is 0.636. The number of hydrogen-bond donors (Lipinski definition) is 0. The van der Waals surface area contributed by atoms with Crippen molar-refractivity contribution in [3.63, 3.8) is 0 Å². The van der Waals surface area contributed by atoms with Gasteiger partial charge < -0.3 is 4.90 Å². The lowest BCUT2D eigenvalue weighted by molar-refractivity contribution is 0.687. The van der Waals surface area contributed by atoms with E-state index < -0.39 is 0 Å². The molecule has 1 aromatic heterocycles. The summed E-state index contributed by atoms with van der Waals surface area (Å²) in [5.41, 5.74) is 1.04. The third-order valence-electron chi connectivity index (χ3n) is 2.46. The van der Waals surface area contributed by atoms with Gasteiger partial charge in [0.15, 0.2) is 0 Å². The molecule has 0 atom stereocenters. The number of nitrogens with zero attached hydrogens (tertiary/aromatic N) is 3. The average molecular weight is 228 g/mol. The van der Waals surface area contributed by atoms with Gasteiger partial charge in [0.05, 0.1) is 0 Å². The van der Waals surface area contributed by atoms with Crippen LogP contribution in [0.2, 0.25) is 5.15 Å². The monoisotopic (exact) mass is 227 g/mol. The number of anilines is 1. The van der Waals surface area contributed by atoms with E-state index in [2.05, 4.69) is 42.6 Å². The molecule has 0 aliphatic heterocycles. The standard InChI is InChI=1S/C11H18ClN3/c1-5-9-10(12)13-7-14-11(9)15(6-2)8(3)4/h7-8H,5-6H2,1-4H3. The summed E-state index contributed by atoms with van der Waals surface area (Å²) in [6, 6.07) is 0.422. The highest BCUT2D eigenvalue weighted by atomic mass is 35.5. The second kappa shape index (κ2) is 5.31. The van der Waals surface area contributed by atoms with Gasteiger partial charge >= 0.3 is 0 Å². The highest BCUT2D eigenvalue weighted by Gasteiger charge is 2.15. The molecule has 84 valence electrons. The second-order valence-corrected chi connectivity index (χ2v) is 4.06. The summed E-state index contributed by atoms with van der Waals surface area (Å²) in [7, 11) is 0. The molecule has 0 bridgehead atoms. The van der Waals surface area contributed by atoms with E-state index in [1.54, 1.807) is 0 Å². The van der Waals surface area contributed by atoms with Gasteiger partial charge in [-0.15, -0.1) is 0 Å². The predicted molar refractivity (Wildman–Crippen MR) is 64.6 cm³/mol. The normalized spacial score (nSPS) is 10.8. The van der Waals surface area contributed by atoms with Crippen molar-refractivity contribution in [1.29, 1.82) is 0 Å². The van der Waals surface area contributed by atoms with Gasteiger partial charge in [-0.1, -0.05) is 18.5 Å². The Bertz CT molecular complexity index is 326. The van der Waals surface area contributed by atoms with Crippen molar-refractivity contribution in [1.82, 2.24) is 9.97 Å². The molecule has 0 amide bonds. The Morgan fingerprint density at radius 2 is 2.00 bits per heavy atom. The Balaban J connectivity index is 3.16. The molecule has 3 nitrogen and oxygen atoms in total. The topological polar surface area (TPSA) is 29.0 Å². The maximum absolute atomic E-state index is 6.06. The molecule has 0 saturated heterocycles. The van der Waals surface area contributed by atoms with E-state index in [9.17, 15) is 0 Å². The van der Waals surface area contributed by atoms with Crippen LogP contribution < -0.4 is 4.90 Å². The van der Waals surface area contributed by atoms with Gasteiger partial charge in [-0.3, -0.25) is 0 Å². The Morgan fingerprint density at radius 1 is 1.33 bits per heavy atom. The molecule has 0 unspecified atom stereocenters. The molecular formula is C11H18ClN3. The van der Waals surface area contributed by atoms with Crippen molar-refractivity contribution >= 4 is 17.4 Å². The first-order valence-corrected chi connectivity index (χ1v) is 5.75. The molecule has 0 aliphatic carbocycles. The van der Waals surface area contributed by atoms with E-state index in [-0.39, 0.29) is 0 Å². The summed E-state index contributed by atoms with van der Waals surface area (Å²) < 4.78 is 0. The summed E-state index contributed by atoms with van der Waals surface area (Å²) in [6.45, 7) is 9.42. The van der Waals surface area contributed by atoms with Crippen LogP contribution >= 0.6 is 11.6 Å². The van der Waals surface area contributed by atoms with E-state index in [0.29, 0.717) is 11.2 Å². The molecule has 1 aromatic rings. The maximum Gasteiger partial charge on any atom is 0.137 e. The molecule has 0 fully saturated rings. The zero-order valence-corrected chi connectivity index (χ0v) is 10.5. The number of halogens is 1. The van der Waals surface area contributed by atoms with Gasteiger partial charge in [0.1, 0.15) is 17.3 Å². The lowest BCUT2D eigenvalue weighted by Crippen LogP contribution is -2.32. The summed E-state index contributed by atoms with van der Waals surface area (Å²) in [4.78, 5) is 10.6. The minimum absolute atomic E-state index is 0.422. The van der Waals surface area contributed by atoms with Gasteiger partial charge in [-0.2, -0.15) is 0 Å². The first-order chi connectivity index (χ1) is 7.11. The van der Waals surface area contributed by atoms with Gasteiger partial charge in [-0.05, 0) is 27.2 Å². The number of hydrogen-bond acceptors (Lipinski definition) is 3. The highest BCUT2D eigenvalue weighted by molar-refractivity contribution is 6.30. The maximum atomic E-state index is 6.06. The van der Waals surface area contributed by atoms with E-state index >= 15 is 0 Å². The van der Waals surface area contributed by atoms with Gasteiger partial charge in [0.25, 0.3) is 0 Å². The van der Waals surface area contributed by atoms with Crippen LogP contribution in [-0.4, -0.2) is 22.6 Å². The quantitative estimate of drug-likeness (QED) is 0.741. The molecule has 0 aromatic carbocycles. The van der Waals surface area contributed by atoms with Crippen molar-refractivity contribution in [2.45, 2.75) is 40.2 Å². The van der Waals surface area contributed by atoms with Crippen LogP contribution in [0.25, 0.3) is 0 Å². The molecule has 4 heteroatoms. The van der Waals surface area contributed by atoms with Crippen molar-refractivity contribution in [3.05, 3.63) is 17.0 Å². The summed E-state index contributed by atoms with van der Waals surface area (Å²) in [6.07, 6.45) is 2.39.